The Morgan fingerprint density at radius 2 is 1.77 bits per heavy atom. The first-order valence-electron chi connectivity index (χ1n) is 12.6. The maximum absolute atomic E-state index is 9.45. The maximum atomic E-state index is 9.45. The zero-order chi connectivity index (χ0) is 26.1. The van der Waals surface area contributed by atoms with Crippen molar-refractivity contribution in [3.8, 4) is 34.6 Å². The third kappa shape index (κ3) is 5.35. The fraction of sp³-hybridized carbons (Fsp3) is 0.121. The summed E-state index contributed by atoms with van der Waals surface area (Å²) in [7, 11) is 0. The molecule has 3 heterocycles. The van der Waals surface area contributed by atoms with Crippen molar-refractivity contribution in [3.05, 3.63) is 115 Å². The molecule has 0 N–H and O–H groups in total. The number of ether oxygens (including phenoxy) is 1. The molecule has 0 spiro atoms. The van der Waals surface area contributed by atoms with Crippen LogP contribution < -0.4 is 4.74 Å². The van der Waals surface area contributed by atoms with E-state index < -0.39 is 0 Å². The van der Waals surface area contributed by atoms with E-state index in [1.54, 1.807) is 6.20 Å². The Kier molecular flexibility index (Phi) is 7.59. The van der Waals surface area contributed by atoms with E-state index in [4.69, 9.17) is 4.74 Å². The number of rotatable bonds is 6. The van der Waals surface area contributed by atoms with E-state index >= 15 is 0 Å². The third-order valence-electron chi connectivity index (χ3n) is 6.39. The van der Waals surface area contributed by atoms with Gasteiger partial charge in [0.05, 0.1) is 11.6 Å². The molecule has 3 aromatic carbocycles. The SMILES string of the molecule is CC(C)Cc1ccc(-c2[c-]c(Oc3[c-]c4c(cc3)c3cc(C#N)ccc3n4-c3ccccn3)ccc2)nc1.[Pt+2]. The van der Waals surface area contributed by atoms with E-state index in [1.807, 2.05) is 83.6 Å². The van der Waals surface area contributed by atoms with Gasteiger partial charge in [-0.3, -0.25) is 0 Å². The van der Waals surface area contributed by atoms with Crippen LogP contribution in [0.4, 0.5) is 0 Å². The van der Waals surface area contributed by atoms with E-state index in [9.17, 15) is 5.26 Å². The summed E-state index contributed by atoms with van der Waals surface area (Å²) in [6, 6.07) is 34.3. The first kappa shape index (κ1) is 26.3. The van der Waals surface area contributed by atoms with Crippen molar-refractivity contribution in [2.24, 2.45) is 5.92 Å². The van der Waals surface area contributed by atoms with Gasteiger partial charge in [0.1, 0.15) is 5.82 Å². The van der Waals surface area contributed by atoms with Crippen LogP contribution in [0.15, 0.2) is 91.3 Å². The average Bonchev–Trinajstić information content (AvgIpc) is 3.26. The van der Waals surface area contributed by atoms with Gasteiger partial charge in [0.2, 0.25) is 0 Å². The predicted octanol–water partition coefficient (Wildman–Crippen LogP) is 7.70. The zero-order valence-electron chi connectivity index (χ0n) is 21.5. The number of benzene rings is 3. The number of nitriles is 1. The molecule has 0 saturated heterocycles. The molecule has 6 rings (SSSR count). The summed E-state index contributed by atoms with van der Waals surface area (Å²) in [5.41, 5.74) is 5.33. The van der Waals surface area contributed by atoms with Gasteiger partial charge in [0.25, 0.3) is 0 Å². The van der Waals surface area contributed by atoms with Gasteiger partial charge in [-0.05, 0) is 59.3 Å². The van der Waals surface area contributed by atoms with Gasteiger partial charge in [-0.2, -0.15) is 11.3 Å². The fourth-order valence-electron chi connectivity index (χ4n) is 4.73. The molecule has 3 aromatic heterocycles. The number of hydrogen-bond acceptors (Lipinski definition) is 4. The second-order valence-corrected chi connectivity index (χ2v) is 9.63. The minimum atomic E-state index is 0. The molecule has 0 unspecified atom stereocenters. The van der Waals surface area contributed by atoms with Gasteiger partial charge in [-0.1, -0.05) is 43.6 Å². The monoisotopic (exact) mass is 687 g/mol. The summed E-state index contributed by atoms with van der Waals surface area (Å²) in [6.45, 7) is 4.41. The Balaban J connectivity index is 0.00000308. The second-order valence-electron chi connectivity index (χ2n) is 9.63. The van der Waals surface area contributed by atoms with Gasteiger partial charge in [0, 0.05) is 29.4 Å². The standard InChI is InChI=1S/C33H24N4O.Pt/c1-22(2)16-24-9-13-30(36-21-24)25-6-5-7-26(18-25)38-27-11-12-28-29-17-23(20-34)10-14-31(29)37(32(28)19-27)33-8-3-4-15-35-33;/h3-15,17,21-22H,16H2,1-2H3;/q-2;+2. The Morgan fingerprint density at radius 1 is 0.897 bits per heavy atom. The van der Waals surface area contributed by atoms with E-state index in [0.717, 1.165) is 45.3 Å². The third-order valence-corrected chi connectivity index (χ3v) is 6.39. The molecular weight excluding hydrogens is 663 g/mol. The first-order valence-corrected chi connectivity index (χ1v) is 12.6. The van der Waals surface area contributed by atoms with Gasteiger partial charge in [-0.25, -0.2) is 4.98 Å². The fourth-order valence-corrected chi connectivity index (χ4v) is 4.73. The minimum absolute atomic E-state index is 0. The number of pyridine rings is 2. The topological polar surface area (TPSA) is 63.7 Å². The van der Waals surface area contributed by atoms with Crippen molar-refractivity contribution < 1.29 is 25.8 Å². The van der Waals surface area contributed by atoms with Crippen molar-refractivity contribution in [2.45, 2.75) is 20.3 Å². The molecule has 0 aliphatic carbocycles. The molecule has 6 heteroatoms. The van der Waals surface area contributed by atoms with E-state index in [2.05, 4.69) is 48.1 Å². The summed E-state index contributed by atoms with van der Waals surface area (Å²) < 4.78 is 8.27. The van der Waals surface area contributed by atoms with E-state index in [-0.39, 0.29) is 21.1 Å². The zero-order valence-corrected chi connectivity index (χ0v) is 23.7. The number of aromatic nitrogens is 3. The largest absolute Gasteiger partial charge is 2.00 e. The van der Waals surface area contributed by atoms with Crippen LogP contribution >= 0.6 is 0 Å². The molecule has 192 valence electrons. The molecule has 0 saturated carbocycles. The van der Waals surface area contributed by atoms with Gasteiger partial charge < -0.3 is 14.3 Å². The summed E-state index contributed by atoms with van der Waals surface area (Å²) in [4.78, 5) is 9.22. The molecule has 0 atom stereocenters. The molecule has 0 bridgehead atoms. The average molecular weight is 688 g/mol. The van der Waals surface area contributed by atoms with Crippen LogP contribution in [0.5, 0.6) is 11.5 Å². The van der Waals surface area contributed by atoms with Crippen molar-refractivity contribution >= 4 is 21.8 Å². The van der Waals surface area contributed by atoms with Gasteiger partial charge in [0.15, 0.2) is 0 Å². The van der Waals surface area contributed by atoms with Gasteiger partial charge in [-0.15, -0.1) is 41.3 Å². The second kappa shape index (κ2) is 11.2. The smallest absolute Gasteiger partial charge is 0.503 e. The van der Waals surface area contributed by atoms with Crippen molar-refractivity contribution in [1.29, 1.82) is 5.26 Å². The summed E-state index contributed by atoms with van der Waals surface area (Å²) >= 11 is 0. The quantitative estimate of drug-likeness (QED) is 0.169. The molecule has 6 aromatic rings. The Morgan fingerprint density at radius 3 is 2.51 bits per heavy atom. The molecule has 5 nitrogen and oxygen atoms in total. The number of hydrogen-bond donors (Lipinski definition) is 0. The van der Waals surface area contributed by atoms with Crippen LogP contribution in [-0.4, -0.2) is 14.5 Å². The van der Waals surface area contributed by atoms with Crippen LogP contribution in [0, 0.1) is 29.4 Å². The normalized spacial score (nSPS) is 10.9. The maximum Gasteiger partial charge on any atom is 2.00 e. The number of fused-ring (bicyclic) bond motifs is 3. The van der Waals surface area contributed by atoms with E-state index in [1.165, 1.54) is 5.56 Å². The summed E-state index contributed by atoms with van der Waals surface area (Å²) in [5.74, 6) is 2.50. The van der Waals surface area contributed by atoms with Crippen LogP contribution in [0.25, 0.3) is 38.9 Å². The van der Waals surface area contributed by atoms with E-state index in [0.29, 0.717) is 23.0 Å². The van der Waals surface area contributed by atoms with Crippen LogP contribution in [0.1, 0.15) is 25.0 Å². The van der Waals surface area contributed by atoms with Crippen LogP contribution in [0.2, 0.25) is 0 Å². The molecule has 0 radical (unpaired) electrons. The number of nitrogens with zero attached hydrogens (tertiary/aromatic N) is 4. The van der Waals surface area contributed by atoms with Crippen molar-refractivity contribution in [1.82, 2.24) is 14.5 Å². The molecule has 39 heavy (non-hydrogen) atoms. The predicted molar refractivity (Wildman–Crippen MR) is 149 cm³/mol. The Hall–Kier alpha value is -4.26. The van der Waals surface area contributed by atoms with Crippen molar-refractivity contribution in [3.63, 3.8) is 0 Å². The van der Waals surface area contributed by atoms with Crippen LogP contribution in [0.3, 0.4) is 0 Å². The Labute approximate surface area is 242 Å². The minimum Gasteiger partial charge on any atom is -0.503 e. The molecule has 0 aliphatic heterocycles. The molecular formula is C33H24N4OPt. The molecule has 0 aliphatic rings. The summed E-state index contributed by atoms with van der Waals surface area (Å²) in [6.07, 6.45) is 4.71. The summed E-state index contributed by atoms with van der Waals surface area (Å²) in [5, 5.41) is 11.4. The van der Waals surface area contributed by atoms with Crippen LogP contribution in [-0.2, 0) is 27.5 Å². The Bertz CT molecular complexity index is 1800. The van der Waals surface area contributed by atoms with Gasteiger partial charge >= 0.3 is 21.1 Å². The molecule has 0 amide bonds. The molecule has 0 fully saturated rings. The van der Waals surface area contributed by atoms with Crippen molar-refractivity contribution in [2.75, 3.05) is 0 Å². The first-order chi connectivity index (χ1) is 18.6.